The van der Waals surface area contributed by atoms with Gasteiger partial charge in [0, 0.05) is 31.1 Å². The maximum atomic E-state index is 10.9. The first kappa shape index (κ1) is 17.9. The van der Waals surface area contributed by atoms with Crippen molar-refractivity contribution in [2.45, 2.75) is 26.9 Å². The van der Waals surface area contributed by atoms with Crippen LogP contribution >= 0.6 is 11.3 Å². The minimum atomic E-state index is -0.394. The first-order chi connectivity index (χ1) is 11.5. The predicted molar refractivity (Wildman–Crippen MR) is 96.2 cm³/mol. The summed E-state index contributed by atoms with van der Waals surface area (Å²) in [4.78, 5) is 21.5. The lowest BCUT2D eigenvalue weighted by atomic mass is 10.2. The first-order valence-electron chi connectivity index (χ1n) is 7.63. The van der Waals surface area contributed by atoms with E-state index in [-0.39, 0.29) is 5.69 Å². The monoisotopic (exact) mass is 347 g/mol. The maximum Gasteiger partial charge on any atom is 0.269 e. The Bertz CT molecular complexity index is 729. The quantitative estimate of drug-likeness (QED) is 0.376. The number of benzene rings is 1. The zero-order valence-corrected chi connectivity index (χ0v) is 14.8. The van der Waals surface area contributed by atoms with Crippen LogP contribution in [0.15, 0.2) is 34.6 Å². The number of nitrogens with zero attached hydrogens (tertiary/aromatic N) is 4. The van der Waals surface area contributed by atoms with Crippen molar-refractivity contribution in [3.05, 3.63) is 56.0 Å². The zero-order valence-electron chi connectivity index (χ0n) is 14.0. The van der Waals surface area contributed by atoms with Crippen LogP contribution in [0, 0.1) is 17.0 Å². The van der Waals surface area contributed by atoms with Crippen molar-refractivity contribution < 1.29 is 4.92 Å². The van der Waals surface area contributed by atoms with Gasteiger partial charge in [-0.2, -0.15) is 0 Å². The van der Waals surface area contributed by atoms with Gasteiger partial charge in [-0.05, 0) is 19.4 Å². The number of non-ortho nitro benzene ring substituents is 1. The Kier molecular flexibility index (Phi) is 6.25. The molecule has 0 spiro atoms. The molecule has 7 nitrogen and oxygen atoms in total. The number of aromatic nitrogens is 1. The Labute approximate surface area is 145 Å². The summed E-state index contributed by atoms with van der Waals surface area (Å²) in [7, 11) is 1.95. The third-order valence-electron chi connectivity index (χ3n) is 3.29. The number of nitrogens with one attached hydrogen (secondary N) is 1. The number of nitro benzene ring substituents is 1. The van der Waals surface area contributed by atoms with Crippen LogP contribution in [0.4, 0.5) is 5.69 Å². The van der Waals surface area contributed by atoms with Crippen LogP contribution in [0.3, 0.4) is 0 Å². The number of aryl methyl sites for hydroxylation is 1. The molecule has 1 aromatic carbocycles. The molecular formula is C16H21N5O2S. The van der Waals surface area contributed by atoms with Gasteiger partial charge in [-0.15, -0.1) is 11.3 Å². The van der Waals surface area contributed by atoms with Crippen molar-refractivity contribution in [3.8, 4) is 0 Å². The molecule has 0 unspecified atom stereocenters. The highest BCUT2D eigenvalue weighted by molar-refractivity contribution is 7.09. The summed E-state index contributed by atoms with van der Waals surface area (Å²) < 4.78 is 0. The first-order valence-corrected chi connectivity index (χ1v) is 8.51. The summed E-state index contributed by atoms with van der Waals surface area (Å²) in [5.41, 5.74) is 1.89. The molecule has 2 rings (SSSR count). The standard InChI is InChI=1S/C16H21N5O2S/c1-4-17-16(20(3)10-14-11-24-12(2)19-14)18-9-13-6-5-7-15(8-13)21(22)23/h5-8,11H,4,9-10H2,1-3H3,(H,17,18). The van der Waals surface area contributed by atoms with Gasteiger partial charge >= 0.3 is 0 Å². The van der Waals surface area contributed by atoms with E-state index in [9.17, 15) is 10.1 Å². The van der Waals surface area contributed by atoms with E-state index in [4.69, 9.17) is 0 Å². The molecule has 128 valence electrons. The van der Waals surface area contributed by atoms with Crippen LogP contribution in [0.1, 0.15) is 23.2 Å². The SMILES string of the molecule is CCNC(=NCc1cccc([N+](=O)[O-])c1)N(C)Cc1csc(C)n1. The Hall–Kier alpha value is -2.48. The van der Waals surface area contributed by atoms with E-state index < -0.39 is 4.92 Å². The molecule has 0 aliphatic carbocycles. The van der Waals surface area contributed by atoms with Gasteiger partial charge in [-0.25, -0.2) is 9.98 Å². The van der Waals surface area contributed by atoms with Crippen molar-refractivity contribution in [1.29, 1.82) is 0 Å². The van der Waals surface area contributed by atoms with E-state index in [2.05, 4.69) is 15.3 Å². The number of hydrogen-bond donors (Lipinski definition) is 1. The largest absolute Gasteiger partial charge is 0.357 e. The fourth-order valence-corrected chi connectivity index (χ4v) is 2.81. The van der Waals surface area contributed by atoms with Crippen LogP contribution in [-0.2, 0) is 13.1 Å². The van der Waals surface area contributed by atoms with Crippen molar-refractivity contribution in [3.63, 3.8) is 0 Å². The lowest BCUT2D eigenvalue weighted by Crippen LogP contribution is -2.38. The Morgan fingerprint density at radius 1 is 1.50 bits per heavy atom. The highest BCUT2D eigenvalue weighted by Crippen LogP contribution is 2.14. The summed E-state index contributed by atoms with van der Waals surface area (Å²) in [6.45, 7) is 5.77. The smallest absolute Gasteiger partial charge is 0.269 e. The number of aliphatic imine (C=N–C) groups is 1. The second-order valence-electron chi connectivity index (χ2n) is 5.31. The van der Waals surface area contributed by atoms with Crippen LogP contribution in [0.5, 0.6) is 0 Å². The van der Waals surface area contributed by atoms with Crippen molar-refractivity contribution in [1.82, 2.24) is 15.2 Å². The van der Waals surface area contributed by atoms with E-state index in [1.165, 1.54) is 6.07 Å². The third kappa shape index (κ3) is 5.02. The van der Waals surface area contributed by atoms with Crippen LogP contribution < -0.4 is 5.32 Å². The topological polar surface area (TPSA) is 83.7 Å². The van der Waals surface area contributed by atoms with Gasteiger partial charge in [-0.3, -0.25) is 10.1 Å². The molecule has 8 heteroatoms. The van der Waals surface area contributed by atoms with Gasteiger partial charge in [0.1, 0.15) is 0 Å². The number of nitro groups is 1. The maximum absolute atomic E-state index is 10.9. The van der Waals surface area contributed by atoms with E-state index in [0.717, 1.165) is 28.8 Å². The predicted octanol–water partition coefficient (Wildman–Crippen LogP) is 2.96. The summed E-state index contributed by atoms with van der Waals surface area (Å²) in [6.07, 6.45) is 0. The molecule has 0 saturated carbocycles. The lowest BCUT2D eigenvalue weighted by Gasteiger charge is -2.21. The van der Waals surface area contributed by atoms with E-state index in [0.29, 0.717) is 13.1 Å². The number of thiazole rings is 1. The molecule has 0 fully saturated rings. The van der Waals surface area contributed by atoms with E-state index >= 15 is 0 Å². The molecule has 0 aliphatic rings. The van der Waals surface area contributed by atoms with E-state index in [1.807, 2.05) is 37.2 Å². The zero-order chi connectivity index (χ0) is 17.5. The molecule has 1 N–H and O–H groups in total. The van der Waals surface area contributed by atoms with Gasteiger partial charge in [0.2, 0.25) is 0 Å². The summed E-state index contributed by atoms with van der Waals surface area (Å²) in [6, 6.07) is 6.55. The molecule has 0 atom stereocenters. The average molecular weight is 347 g/mol. The second-order valence-corrected chi connectivity index (χ2v) is 6.37. The second kappa shape index (κ2) is 8.39. The Morgan fingerprint density at radius 3 is 2.92 bits per heavy atom. The number of hydrogen-bond acceptors (Lipinski definition) is 5. The Morgan fingerprint density at radius 2 is 2.29 bits per heavy atom. The fourth-order valence-electron chi connectivity index (χ4n) is 2.20. The molecular weight excluding hydrogens is 326 g/mol. The average Bonchev–Trinajstić information content (AvgIpc) is 2.96. The van der Waals surface area contributed by atoms with Crippen molar-refractivity contribution in [2.75, 3.05) is 13.6 Å². The van der Waals surface area contributed by atoms with Crippen molar-refractivity contribution >= 4 is 23.0 Å². The molecule has 0 bridgehead atoms. The third-order valence-corrected chi connectivity index (χ3v) is 4.12. The minimum absolute atomic E-state index is 0.0824. The van der Waals surface area contributed by atoms with Gasteiger partial charge in [0.05, 0.1) is 28.7 Å². The lowest BCUT2D eigenvalue weighted by molar-refractivity contribution is -0.384. The summed E-state index contributed by atoms with van der Waals surface area (Å²) in [5.74, 6) is 0.745. The van der Waals surface area contributed by atoms with Gasteiger partial charge in [0.15, 0.2) is 5.96 Å². The van der Waals surface area contributed by atoms with Crippen LogP contribution in [0.2, 0.25) is 0 Å². The number of rotatable bonds is 6. The molecule has 24 heavy (non-hydrogen) atoms. The molecule has 0 saturated heterocycles. The highest BCUT2D eigenvalue weighted by Gasteiger charge is 2.09. The van der Waals surface area contributed by atoms with Crippen molar-refractivity contribution in [2.24, 2.45) is 4.99 Å². The molecule has 2 aromatic rings. The van der Waals surface area contributed by atoms with Gasteiger partial charge in [-0.1, -0.05) is 12.1 Å². The molecule has 0 aliphatic heterocycles. The van der Waals surface area contributed by atoms with Crippen LogP contribution in [-0.4, -0.2) is 34.4 Å². The Balaban J connectivity index is 2.09. The minimum Gasteiger partial charge on any atom is -0.357 e. The molecule has 1 aromatic heterocycles. The highest BCUT2D eigenvalue weighted by atomic mass is 32.1. The molecule has 0 radical (unpaired) electrons. The van der Waals surface area contributed by atoms with Gasteiger partial charge in [0.25, 0.3) is 5.69 Å². The molecule has 1 heterocycles. The van der Waals surface area contributed by atoms with E-state index in [1.54, 1.807) is 23.5 Å². The van der Waals surface area contributed by atoms with Crippen LogP contribution in [0.25, 0.3) is 0 Å². The fraction of sp³-hybridized carbons (Fsp3) is 0.375. The normalized spacial score (nSPS) is 11.4. The summed E-state index contributed by atoms with van der Waals surface area (Å²) >= 11 is 1.62. The molecule has 0 amide bonds. The summed E-state index contributed by atoms with van der Waals surface area (Å²) in [5, 5.41) is 17.2. The number of guanidine groups is 1. The van der Waals surface area contributed by atoms with Gasteiger partial charge < -0.3 is 10.2 Å².